The van der Waals surface area contributed by atoms with Gasteiger partial charge in [-0.3, -0.25) is 9.59 Å². The minimum atomic E-state index is -0.515. The average molecular weight is 330 g/mol. The summed E-state index contributed by atoms with van der Waals surface area (Å²) in [5.41, 5.74) is 2.47. The Morgan fingerprint density at radius 1 is 1.25 bits per heavy atom. The van der Waals surface area contributed by atoms with Gasteiger partial charge in [-0.15, -0.1) is 0 Å². The van der Waals surface area contributed by atoms with Crippen molar-refractivity contribution >= 4 is 17.4 Å². The molecule has 130 valence electrons. The van der Waals surface area contributed by atoms with Crippen LogP contribution in [-0.4, -0.2) is 49.6 Å². The van der Waals surface area contributed by atoms with E-state index >= 15 is 0 Å². The molecule has 1 aliphatic heterocycles. The molecule has 2 amide bonds. The summed E-state index contributed by atoms with van der Waals surface area (Å²) in [6, 6.07) is 9.70. The third-order valence-electron chi connectivity index (χ3n) is 4.19. The van der Waals surface area contributed by atoms with Gasteiger partial charge < -0.3 is 15.0 Å². The van der Waals surface area contributed by atoms with Crippen LogP contribution < -0.4 is 5.32 Å². The van der Waals surface area contributed by atoms with Crippen molar-refractivity contribution in [1.29, 1.82) is 0 Å². The molecule has 24 heavy (non-hydrogen) atoms. The van der Waals surface area contributed by atoms with E-state index in [9.17, 15) is 9.59 Å². The second-order valence-corrected chi connectivity index (χ2v) is 6.35. The Balaban J connectivity index is 2.01. The normalized spacial score (nSPS) is 15.8. The number of rotatable bonds is 6. The molecule has 0 spiro atoms. The van der Waals surface area contributed by atoms with Crippen LogP contribution in [0.4, 0.5) is 0 Å². The van der Waals surface area contributed by atoms with Crippen LogP contribution in [0.1, 0.15) is 25.8 Å². The summed E-state index contributed by atoms with van der Waals surface area (Å²) in [5, 5.41) is 2.78. The molecule has 1 N–H and O–H groups in total. The number of hydrogen-bond donors (Lipinski definition) is 1. The molecule has 5 nitrogen and oxygen atoms in total. The first-order chi connectivity index (χ1) is 11.5. The van der Waals surface area contributed by atoms with Crippen LogP contribution in [0.15, 0.2) is 36.4 Å². The molecule has 0 radical (unpaired) electrons. The van der Waals surface area contributed by atoms with Gasteiger partial charge in [0.1, 0.15) is 12.6 Å². The summed E-state index contributed by atoms with van der Waals surface area (Å²) in [5.74, 6) is -0.266. The van der Waals surface area contributed by atoms with Gasteiger partial charge in [-0.05, 0) is 23.5 Å². The first-order valence-corrected chi connectivity index (χ1v) is 8.34. The first-order valence-electron chi connectivity index (χ1n) is 8.34. The van der Waals surface area contributed by atoms with Crippen molar-refractivity contribution in [2.24, 2.45) is 5.92 Å². The Labute approximate surface area is 143 Å². The lowest BCUT2D eigenvalue weighted by atomic mass is 9.97. The lowest BCUT2D eigenvalue weighted by molar-refractivity contribution is -0.138. The lowest BCUT2D eigenvalue weighted by Crippen LogP contribution is -2.52. The fraction of sp³-hybridized carbons (Fsp3) is 0.474. The zero-order valence-electron chi connectivity index (χ0n) is 14.6. The highest BCUT2D eigenvalue weighted by molar-refractivity contribution is 5.89. The maximum absolute atomic E-state index is 12.8. The summed E-state index contributed by atoms with van der Waals surface area (Å²) >= 11 is 0. The maximum atomic E-state index is 12.8. The zero-order valence-corrected chi connectivity index (χ0v) is 14.6. The molecule has 1 heterocycles. The van der Waals surface area contributed by atoms with E-state index in [2.05, 4.69) is 23.5 Å². The molecule has 1 atom stereocenters. The molecular formula is C19H26N2O3. The summed E-state index contributed by atoms with van der Waals surface area (Å²) in [7, 11) is 1.46. The molecule has 0 saturated carbocycles. The molecule has 0 saturated heterocycles. The molecule has 1 aliphatic rings. The number of carbonyl (C=O) groups is 2. The predicted molar refractivity (Wildman–Crippen MR) is 94.3 cm³/mol. The van der Waals surface area contributed by atoms with Gasteiger partial charge in [0.2, 0.25) is 11.8 Å². The van der Waals surface area contributed by atoms with Crippen molar-refractivity contribution in [2.45, 2.75) is 26.3 Å². The first kappa shape index (κ1) is 18.2. The van der Waals surface area contributed by atoms with Crippen molar-refractivity contribution in [3.05, 3.63) is 42.0 Å². The highest BCUT2D eigenvalue weighted by Crippen LogP contribution is 2.22. The number of ether oxygens (including phenoxy) is 1. The standard InChI is InChI=1S/C19H26N2O3/c1-14(2)18(20-17(22)13-24-3)19(23)21-11-9-16(10-12-21)15-7-5-4-6-8-15/h4-9,14,18H,10-13H2,1-3H3,(H,20,22)/t18-/m0/s1. The molecule has 0 bridgehead atoms. The number of nitrogens with one attached hydrogen (secondary N) is 1. The van der Waals surface area contributed by atoms with E-state index < -0.39 is 6.04 Å². The molecule has 0 fully saturated rings. The molecule has 0 unspecified atom stereocenters. The van der Waals surface area contributed by atoms with E-state index in [1.165, 1.54) is 18.2 Å². The van der Waals surface area contributed by atoms with Crippen LogP contribution in [0.2, 0.25) is 0 Å². The largest absolute Gasteiger partial charge is 0.375 e. The van der Waals surface area contributed by atoms with Crippen molar-refractivity contribution < 1.29 is 14.3 Å². The Bertz CT molecular complexity index is 596. The Morgan fingerprint density at radius 2 is 1.96 bits per heavy atom. The topological polar surface area (TPSA) is 58.6 Å². The fourth-order valence-corrected chi connectivity index (χ4v) is 2.84. The van der Waals surface area contributed by atoms with Gasteiger partial charge in [0.05, 0.1) is 0 Å². The molecule has 1 aromatic carbocycles. The molecule has 5 heteroatoms. The molecular weight excluding hydrogens is 304 g/mol. The quantitative estimate of drug-likeness (QED) is 0.869. The number of carbonyl (C=O) groups excluding carboxylic acids is 2. The van der Waals surface area contributed by atoms with Gasteiger partial charge in [0.15, 0.2) is 0 Å². The van der Waals surface area contributed by atoms with Crippen LogP contribution in [0, 0.1) is 5.92 Å². The zero-order chi connectivity index (χ0) is 17.5. The predicted octanol–water partition coefficient (Wildman–Crippen LogP) is 2.09. The van der Waals surface area contributed by atoms with Crippen LogP contribution in [0.3, 0.4) is 0 Å². The summed E-state index contributed by atoms with van der Waals surface area (Å²) in [6.45, 7) is 5.08. The van der Waals surface area contributed by atoms with Gasteiger partial charge in [0, 0.05) is 20.2 Å². The van der Waals surface area contributed by atoms with E-state index in [-0.39, 0.29) is 24.3 Å². The van der Waals surface area contributed by atoms with Gasteiger partial charge in [-0.1, -0.05) is 50.3 Å². The summed E-state index contributed by atoms with van der Waals surface area (Å²) < 4.78 is 4.83. The van der Waals surface area contributed by atoms with Gasteiger partial charge in [0.25, 0.3) is 0 Å². The van der Waals surface area contributed by atoms with Gasteiger partial charge in [-0.2, -0.15) is 0 Å². The highest BCUT2D eigenvalue weighted by atomic mass is 16.5. The fourth-order valence-electron chi connectivity index (χ4n) is 2.84. The second kappa shape index (κ2) is 8.64. The minimum absolute atomic E-state index is 0.0257. The SMILES string of the molecule is COCC(=O)N[C@H](C(=O)N1CC=C(c2ccccc2)CC1)C(C)C. The smallest absolute Gasteiger partial charge is 0.246 e. The van der Waals surface area contributed by atoms with Crippen molar-refractivity contribution in [3.8, 4) is 0 Å². The average Bonchev–Trinajstić information content (AvgIpc) is 2.60. The Kier molecular flexibility index (Phi) is 6.55. The van der Waals surface area contributed by atoms with Crippen LogP contribution in [0.5, 0.6) is 0 Å². The number of amides is 2. The monoisotopic (exact) mass is 330 g/mol. The Hall–Kier alpha value is -2.14. The minimum Gasteiger partial charge on any atom is -0.375 e. The number of benzene rings is 1. The number of nitrogens with zero attached hydrogens (tertiary/aromatic N) is 1. The molecule has 2 rings (SSSR count). The Morgan fingerprint density at radius 3 is 2.50 bits per heavy atom. The third kappa shape index (κ3) is 4.68. The molecule has 0 aliphatic carbocycles. The van der Waals surface area contributed by atoms with E-state index in [0.29, 0.717) is 13.1 Å². The summed E-state index contributed by atoms with van der Waals surface area (Å²) in [4.78, 5) is 26.3. The van der Waals surface area contributed by atoms with Gasteiger partial charge in [-0.25, -0.2) is 0 Å². The van der Waals surface area contributed by atoms with E-state index in [4.69, 9.17) is 4.74 Å². The number of methoxy groups -OCH3 is 1. The van der Waals surface area contributed by atoms with Crippen LogP contribution in [-0.2, 0) is 14.3 Å². The maximum Gasteiger partial charge on any atom is 0.246 e. The number of hydrogen-bond acceptors (Lipinski definition) is 3. The third-order valence-corrected chi connectivity index (χ3v) is 4.19. The van der Waals surface area contributed by atoms with Crippen LogP contribution in [0.25, 0.3) is 5.57 Å². The van der Waals surface area contributed by atoms with E-state index in [0.717, 1.165) is 6.42 Å². The molecule has 1 aromatic rings. The van der Waals surface area contributed by atoms with Crippen molar-refractivity contribution in [3.63, 3.8) is 0 Å². The second-order valence-electron chi connectivity index (χ2n) is 6.35. The van der Waals surface area contributed by atoms with Crippen molar-refractivity contribution in [1.82, 2.24) is 10.2 Å². The summed E-state index contributed by atoms with van der Waals surface area (Å²) in [6.07, 6.45) is 2.93. The van der Waals surface area contributed by atoms with E-state index in [1.807, 2.05) is 36.9 Å². The van der Waals surface area contributed by atoms with E-state index in [1.54, 1.807) is 0 Å². The lowest BCUT2D eigenvalue weighted by Gasteiger charge is -2.32. The van der Waals surface area contributed by atoms with Gasteiger partial charge >= 0.3 is 0 Å². The molecule has 0 aromatic heterocycles. The van der Waals surface area contributed by atoms with Crippen LogP contribution >= 0.6 is 0 Å². The van der Waals surface area contributed by atoms with Crippen molar-refractivity contribution in [2.75, 3.05) is 26.8 Å². The highest BCUT2D eigenvalue weighted by Gasteiger charge is 2.29.